The maximum atomic E-state index is 5.25. The molecule has 1 aliphatic heterocycles. The molecule has 0 atom stereocenters. The lowest BCUT2D eigenvalue weighted by Gasteiger charge is -2.28. The molecular formula is C19H19N5O. The van der Waals surface area contributed by atoms with Crippen LogP contribution in [0.15, 0.2) is 49.2 Å². The summed E-state index contributed by atoms with van der Waals surface area (Å²) in [6, 6.07) is 5.91. The molecule has 3 aromatic heterocycles. The van der Waals surface area contributed by atoms with E-state index in [9.17, 15) is 0 Å². The largest absolute Gasteiger partial charge is 0.495 e. The van der Waals surface area contributed by atoms with Crippen molar-refractivity contribution in [1.82, 2.24) is 24.8 Å². The first-order chi connectivity index (χ1) is 12.3. The maximum absolute atomic E-state index is 5.25. The Morgan fingerprint density at radius 2 is 2.00 bits per heavy atom. The zero-order chi connectivity index (χ0) is 17.1. The van der Waals surface area contributed by atoms with E-state index in [-0.39, 0.29) is 0 Å². The van der Waals surface area contributed by atoms with Crippen molar-refractivity contribution in [3.05, 3.63) is 66.0 Å². The fourth-order valence-corrected chi connectivity index (χ4v) is 3.07. The fourth-order valence-electron chi connectivity index (χ4n) is 3.07. The smallest absolute Gasteiger partial charge is 0.159 e. The Balaban J connectivity index is 1.50. The number of hydrogen-bond donors (Lipinski definition) is 0. The zero-order valence-electron chi connectivity index (χ0n) is 14.1. The molecule has 0 saturated carbocycles. The third-order valence-corrected chi connectivity index (χ3v) is 4.36. The predicted octanol–water partition coefficient (Wildman–Crippen LogP) is 2.50. The molecule has 0 amide bonds. The lowest BCUT2D eigenvalue weighted by molar-refractivity contribution is 0.242. The highest BCUT2D eigenvalue weighted by Crippen LogP contribution is 2.22. The molecule has 0 bridgehead atoms. The quantitative estimate of drug-likeness (QED) is 0.731. The number of ether oxygens (including phenoxy) is 1. The molecule has 4 rings (SSSR count). The Morgan fingerprint density at radius 1 is 1.12 bits per heavy atom. The minimum atomic E-state index is 0.770. The number of rotatable bonds is 4. The Hall–Kier alpha value is -2.86. The third-order valence-electron chi connectivity index (χ3n) is 4.36. The molecule has 4 heterocycles. The van der Waals surface area contributed by atoms with Gasteiger partial charge in [0.2, 0.25) is 0 Å². The van der Waals surface area contributed by atoms with Crippen LogP contribution in [0, 0.1) is 0 Å². The summed E-state index contributed by atoms with van der Waals surface area (Å²) in [5.41, 5.74) is 4.49. The van der Waals surface area contributed by atoms with Crippen LogP contribution in [0.4, 0.5) is 0 Å². The van der Waals surface area contributed by atoms with Crippen molar-refractivity contribution >= 4 is 0 Å². The number of pyridine rings is 2. The van der Waals surface area contributed by atoms with Gasteiger partial charge in [0, 0.05) is 62.0 Å². The van der Waals surface area contributed by atoms with Crippen molar-refractivity contribution < 1.29 is 4.74 Å². The van der Waals surface area contributed by atoms with Crippen molar-refractivity contribution in [2.75, 3.05) is 13.7 Å². The zero-order valence-corrected chi connectivity index (χ0v) is 14.1. The highest BCUT2D eigenvalue weighted by Gasteiger charge is 2.19. The molecule has 0 N–H and O–H groups in total. The highest BCUT2D eigenvalue weighted by molar-refractivity contribution is 5.54. The molecule has 0 saturated heterocycles. The maximum Gasteiger partial charge on any atom is 0.159 e. The van der Waals surface area contributed by atoms with Gasteiger partial charge < -0.3 is 4.74 Å². The highest BCUT2D eigenvalue weighted by atomic mass is 16.5. The third kappa shape index (κ3) is 3.49. The topological polar surface area (TPSA) is 64.0 Å². The molecule has 3 aromatic rings. The van der Waals surface area contributed by atoms with Crippen LogP contribution in [0.1, 0.15) is 16.8 Å². The van der Waals surface area contributed by atoms with Gasteiger partial charge in [-0.3, -0.25) is 14.9 Å². The normalized spacial score (nSPS) is 14.1. The van der Waals surface area contributed by atoms with Gasteiger partial charge in [0.05, 0.1) is 19.0 Å². The average molecular weight is 333 g/mol. The summed E-state index contributed by atoms with van der Waals surface area (Å²) in [4.78, 5) is 19.9. The van der Waals surface area contributed by atoms with Gasteiger partial charge in [0.1, 0.15) is 5.75 Å². The van der Waals surface area contributed by atoms with Gasteiger partial charge >= 0.3 is 0 Å². The van der Waals surface area contributed by atoms with Gasteiger partial charge in [-0.05, 0) is 23.8 Å². The van der Waals surface area contributed by atoms with Crippen molar-refractivity contribution in [3.8, 4) is 17.1 Å². The molecule has 0 radical (unpaired) electrons. The Morgan fingerprint density at radius 3 is 2.84 bits per heavy atom. The molecule has 0 aromatic carbocycles. The van der Waals surface area contributed by atoms with Gasteiger partial charge in [-0.15, -0.1) is 0 Å². The van der Waals surface area contributed by atoms with E-state index in [0.717, 1.165) is 54.4 Å². The predicted molar refractivity (Wildman–Crippen MR) is 93.9 cm³/mol. The van der Waals surface area contributed by atoms with E-state index in [1.54, 1.807) is 25.7 Å². The van der Waals surface area contributed by atoms with E-state index in [1.165, 1.54) is 5.56 Å². The van der Waals surface area contributed by atoms with E-state index < -0.39 is 0 Å². The number of hydrogen-bond acceptors (Lipinski definition) is 6. The van der Waals surface area contributed by atoms with E-state index >= 15 is 0 Å². The van der Waals surface area contributed by atoms with Crippen LogP contribution in [-0.2, 0) is 19.5 Å². The summed E-state index contributed by atoms with van der Waals surface area (Å²) in [6.45, 7) is 2.66. The molecule has 6 nitrogen and oxygen atoms in total. The minimum Gasteiger partial charge on any atom is -0.495 e. The summed E-state index contributed by atoms with van der Waals surface area (Å²) >= 11 is 0. The lowest BCUT2D eigenvalue weighted by atomic mass is 10.1. The first-order valence-corrected chi connectivity index (χ1v) is 8.27. The molecule has 0 spiro atoms. The van der Waals surface area contributed by atoms with E-state index in [0.29, 0.717) is 0 Å². The molecule has 1 aliphatic rings. The van der Waals surface area contributed by atoms with Crippen LogP contribution in [0.2, 0.25) is 0 Å². The summed E-state index contributed by atoms with van der Waals surface area (Å²) in [5, 5.41) is 0. The molecule has 6 heteroatoms. The van der Waals surface area contributed by atoms with Crippen molar-refractivity contribution in [2.45, 2.75) is 19.5 Å². The molecule has 0 aliphatic carbocycles. The van der Waals surface area contributed by atoms with Crippen molar-refractivity contribution in [1.29, 1.82) is 0 Å². The van der Waals surface area contributed by atoms with Gasteiger partial charge in [-0.25, -0.2) is 9.97 Å². The second-order valence-electron chi connectivity index (χ2n) is 6.10. The van der Waals surface area contributed by atoms with Crippen LogP contribution < -0.4 is 4.74 Å². The Labute approximate surface area is 146 Å². The van der Waals surface area contributed by atoms with E-state index in [4.69, 9.17) is 9.72 Å². The van der Waals surface area contributed by atoms with Gasteiger partial charge in [0.15, 0.2) is 5.82 Å². The van der Waals surface area contributed by atoms with Gasteiger partial charge in [-0.1, -0.05) is 0 Å². The van der Waals surface area contributed by atoms with Crippen LogP contribution in [0.3, 0.4) is 0 Å². The summed E-state index contributed by atoms with van der Waals surface area (Å²) < 4.78 is 5.25. The average Bonchev–Trinajstić information content (AvgIpc) is 2.68. The Kier molecular flexibility index (Phi) is 4.35. The summed E-state index contributed by atoms with van der Waals surface area (Å²) in [5.74, 6) is 1.56. The lowest BCUT2D eigenvalue weighted by Crippen LogP contribution is -2.31. The second kappa shape index (κ2) is 6.94. The molecule has 0 fully saturated rings. The number of nitrogens with zero attached hydrogens (tertiary/aromatic N) is 5. The molecule has 25 heavy (non-hydrogen) atoms. The molecular weight excluding hydrogens is 314 g/mol. The van der Waals surface area contributed by atoms with Crippen LogP contribution in [0.25, 0.3) is 11.4 Å². The summed E-state index contributed by atoms with van der Waals surface area (Å²) in [7, 11) is 1.66. The van der Waals surface area contributed by atoms with E-state index in [2.05, 4.69) is 19.9 Å². The fraction of sp³-hybridized carbons (Fsp3) is 0.263. The van der Waals surface area contributed by atoms with Gasteiger partial charge in [0.25, 0.3) is 0 Å². The monoisotopic (exact) mass is 333 g/mol. The number of fused-ring (bicyclic) bond motifs is 1. The minimum absolute atomic E-state index is 0.770. The van der Waals surface area contributed by atoms with Crippen molar-refractivity contribution in [3.63, 3.8) is 0 Å². The first kappa shape index (κ1) is 15.7. The molecule has 126 valence electrons. The SMILES string of the molecule is COc1cncc(CN2CCc3nc(-c4ccncc4)ncc3C2)c1. The van der Waals surface area contributed by atoms with E-state index in [1.807, 2.05) is 30.6 Å². The second-order valence-corrected chi connectivity index (χ2v) is 6.10. The number of methoxy groups -OCH3 is 1. The van der Waals surface area contributed by atoms with Crippen LogP contribution in [-0.4, -0.2) is 38.5 Å². The Bertz CT molecular complexity index is 869. The summed E-state index contributed by atoms with van der Waals surface area (Å²) in [6.07, 6.45) is 10.0. The first-order valence-electron chi connectivity index (χ1n) is 8.27. The number of aromatic nitrogens is 4. The standard InChI is InChI=1S/C19H19N5O/c1-25-17-8-14(9-21-11-17)12-24-7-4-18-16(13-24)10-22-19(23-18)15-2-5-20-6-3-15/h2-3,5-6,8-11H,4,7,12-13H2,1H3. The van der Waals surface area contributed by atoms with Crippen molar-refractivity contribution in [2.24, 2.45) is 0 Å². The van der Waals surface area contributed by atoms with Gasteiger partial charge in [-0.2, -0.15) is 0 Å². The van der Waals surface area contributed by atoms with Crippen LogP contribution >= 0.6 is 0 Å². The van der Waals surface area contributed by atoms with Crippen LogP contribution in [0.5, 0.6) is 5.75 Å². The molecule has 0 unspecified atom stereocenters.